The highest BCUT2D eigenvalue weighted by Gasteiger charge is 2.19. The Bertz CT molecular complexity index is 1410. The van der Waals surface area contributed by atoms with Gasteiger partial charge in [0.05, 0.1) is 49.2 Å². The van der Waals surface area contributed by atoms with Crippen LogP contribution in [0.25, 0.3) is 22.2 Å². The fourth-order valence-corrected chi connectivity index (χ4v) is 3.73. The average Bonchev–Trinajstić information content (AvgIpc) is 2.91. The van der Waals surface area contributed by atoms with Crippen LogP contribution in [0, 0.1) is 0 Å². The molecule has 1 amide bonds. The summed E-state index contributed by atoms with van der Waals surface area (Å²) in [7, 11) is 4.03. The van der Waals surface area contributed by atoms with Crippen LogP contribution in [-0.4, -0.2) is 44.2 Å². The maximum atomic E-state index is 13.5. The van der Waals surface area contributed by atoms with E-state index in [2.05, 4.69) is 5.32 Å². The minimum absolute atomic E-state index is 0.0972. The number of aromatic nitrogens is 1. The van der Waals surface area contributed by atoms with Gasteiger partial charge < -0.3 is 19.5 Å². The summed E-state index contributed by atoms with van der Waals surface area (Å²) in [5.41, 5.74) is 2.71. The number of hydrogen-bond donors (Lipinski definition) is 1. The third kappa shape index (κ3) is 4.81. The number of fused-ring (bicyclic) bond motifs is 1. The molecule has 0 saturated carbocycles. The summed E-state index contributed by atoms with van der Waals surface area (Å²) in [5.74, 6) is -1.13. The Labute approximate surface area is 201 Å². The van der Waals surface area contributed by atoms with Gasteiger partial charge in [-0.25, -0.2) is 14.6 Å². The maximum Gasteiger partial charge on any atom is 0.337 e. The monoisotopic (exact) mass is 470 g/mol. The number of nitrogens with zero attached hydrogens (tertiary/aromatic N) is 1. The normalized spacial score (nSPS) is 10.5. The number of ether oxygens (including phenoxy) is 3. The van der Waals surface area contributed by atoms with Gasteiger partial charge >= 0.3 is 11.9 Å². The van der Waals surface area contributed by atoms with Gasteiger partial charge in [0.15, 0.2) is 0 Å². The summed E-state index contributed by atoms with van der Waals surface area (Å²) in [5, 5.41) is 3.42. The van der Waals surface area contributed by atoms with Crippen LogP contribution in [-0.2, 0) is 9.47 Å². The van der Waals surface area contributed by atoms with E-state index in [1.54, 1.807) is 19.2 Å². The lowest BCUT2D eigenvalue weighted by molar-refractivity contribution is 0.0599. The number of para-hydroxylation sites is 2. The third-order valence-corrected chi connectivity index (χ3v) is 5.38. The third-order valence-electron chi connectivity index (χ3n) is 5.38. The second-order valence-electron chi connectivity index (χ2n) is 7.51. The van der Waals surface area contributed by atoms with Crippen molar-refractivity contribution in [3.63, 3.8) is 0 Å². The Kier molecular flexibility index (Phi) is 6.73. The van der Waals surface area contributed by atoms with Crippen molar-refractivity contribution in [1.82, 2.24) is 4.98 Å². The number of rotatable bonds is 6. The van der Waals surface area contributed by atoms with Gasteiger partial charge in [-0.1, -0.05) is 30.3 Å². The molecule has 8 nitrogen and oxygen atoms in total. The summed E-state index contributed by atoms with van der Waals surface area (Å²) in [6.07, 6.45) is 0. The molecule has 0 fully saturated rings. The van der Waals surface area contributed by atoms with E-state index in [1.807, 2.05) is 42.5 Å². The zero-order valence-corrected chi connectivity index (χ0v) is 19.3. The predicted octanol–water partition coefficient (Wildman–Crippen LogP) is 4.74. The second-order valence-corrected chi connectivity index (χ2v) is 7.51. The SMILES string of the molecule is COC(=O)c1cc(NC(=O)c2cc(-c3ccccc3OC)nc3ccccc23)cc(C(=O)OC)c1. The first-order chi connectivity index (χ1) is 16.9. The van der Waals surface area contributed by atoms with Gasteiger partial charge in [-0.2, -0.15) is 0 Å². The van der Waals surface area contributed by atoms with Gasteiger partial charge in [0.2, 0.25) is 0 Å². The van der Waals surface area contributed by atoms with E-state index in [0.29, 0.717) is 27.9 Å². The zero-order valence-electron chi connectivity index (χ0n) is 19.3. The molecule has 3 aromatic carbocycles. The topological polar surface area (TPSA) is 104 Å². The summed E-state index contributed by atoms with van der Waals surface area (Å²) < 4.78 is 15.0. The van der Waals surface area contributed by atoms with E-state index in [-0.39, 0.29) is 16.8 Å². The first-order valence-electron chi connectivity index (χ1n) is 10.6. The van der Waals surface area contributed by atoms with Gasteiger partial charge in [0, 0.05) is 16.6 Å². The molecule has 1 aromatic heterocycles. The van der Waals surface area contributed by atoms with Crippen LogP contribution in [0.15, 0.2) is 72.8 Å². The Balaban J connectivity index is 1.81. The van der Waals surface area contributed by atoms with Gasteiger partial charge in [-0.3, -0.25) is 4.79 Å². The van der Waals surface area contributed by atoms with E-state index in [0.717, 1.165) is 5.56 Å². The van der Waals surface area contributed by atoms with Crippen LogP contribution in [0.5, 0.6) is 5.75 Å². The van der Waals surface area contributed by atoms with Crippen molar-refractivity contribution in [3.8, 4) is 17.0 Å². The summed E-state index contributed by atoms with van der Waals surface area (Å²) >= 11 is 0. The van der Waals surface area contributed by atoms with Crippen molar-refractivity contribution in [3.05, 3.63) is 89.5 Å². The van der Waals surface area contributed by atoms with Crippen molar-refractivity contribution in [2.75, 3.05) is 26.6 Å². The number of esters is 2. The second kappa shape index (κ2) is 10.0. The van der Waals surface area contributed by atoms with E-state index in [9.17, 15) is 14.4 Å². The first-order valence-corrected chi connectivity index (χ1v) is 10.6. The fourth-order valence-electron chi connectivity index (χ4n) is 3.73. The van der Waals surface area contributed by atoms with E-state index in [4.69, 9.17) is 19.2 Å². The molecule has 0 bridgehead atoms. The summed E-state index contributed by atoms with van der Waals surface area (Å²) in [6, 6.07) is 20.6. The molecular weight excluding hydrogens is 448 g/mol. The highest BCUT2D eigenvalue weighted by molar-refractivity contribution is 6.13. The molecule has 0 radical (unpaired) electrons. The van der Waals surface area contributed by atoms with Crippen molar-refractivity contribution >= 4 is 34.4 Å². The highest BCUT2D eigenvalue weighted by atomic mass is 16.5. The number of pyridine rings is 1. The molecule has 176 valence electrons. The van der Waals surface area contributed by atoms with E-state index in [1.165, 1.54) is 32.4 Å². The predicted molar refractivity (Wildman–Crippen MR) is 131 cm³/mol. The van der Waals surface area contributed by atoms with Gasteiger partial charge in [-0.05, 0) is 42.5 Å². The van der Waals surface area contributed by atoms with Crippen molar-refractivity contribution in [1.29, 1.82) is 0 Å². The number of anilines is 1. The quantitative estimate of drug-likeness (QED) is 0.406. The Morgan fingerprint density at radius 3 is 2.06 bits per heavy atom. The molecule has 0 aliphatic rings. The van der Waals surface area contributed by atoms with Crippen LogP contribution in [0.4, 0.5) is 5.69 Å². The largest absolute Gasteiger partial charge is 0.496 e. The number of benzene rings is 3. The first kappa shape index (κ1) is 23.4. The lowest BCUT2D eigenvalue weighted by atomic mass is 10.0. The van der Waals surface area contributed by atoms with E-state index >= 15 is 0 Å². The van der Waals surface area contributed by atoms with Crippen molar-refractivity contribution < 1.29 is 28.6 Å². The molecule has 1 heterocycles. The molecule has 4 aromatic rings. The van der Waals surface area contributed by atoms with Crippen LogP contribution in [0.2, 0.25) is 0 Å². The Morgan fingerprint density at radius 2 is 1.40 bits per heavy atom. The van der Waals surface area contributed by atoms with Crippen LogP contribution < -0.4 is 10.1 Å². The fraction of sp³-hybridized carbons (Fsp3) is 0.111. The number of carbonyl (C=O) groups is 3. The molecule has 0 unspecified atom stereocenters. The summed E-state index contributed by atoms with van der Waals surface area (Å²) in [6.45, 7) is 0. The Morgan fingerprint density at radius 1 is 0.771 bits per heavy atom. The number of hydrogen-bond acceptors (Lipinski definition) is 7. The smallest absolute Gasteiger partial charge is 0.337 e. The van der Waals surface area contributed by atoms with Gasteiger partial charge in [0.1, 0.15) is 5.75 Å². The molecule has 0 aliphatic heterocycles. The molecule has 0 spiro atoms. The van der Waals surface area contributed by atoms with Crippen LogP contribution >= 0.6 is 0 Å². The number of amides is 1. The molecule has 0 saturated heterocycles. The minimum atomic E-state index is -0.654. The van der Waals surface area contributed by atoms with E-state index < -0.39 is 17.8 Å². The minimum Gasteiger partial charge on any atom is -0.496 e. The number of carbonyl (C=O) groups excluding carboxylic acids is 3. The lowest BCUT2D eigenvalue weighted by Crippen LogP contribution is -2.15. The van der Waals surface area contributed by atoms with Gasteiger partial charge in [-0.15, -0.1) is 0 Å². The van der Waals surface area contributed by atoms with Crippen molar-refractivity contribution in [2.24, 2.45) is 0 Å². The number of nitrogens with one attached hydrogen (secondary N) is 1. The Hall–Kier alpha value is -4.72. The molecule has 8 heteroatoms. The molecule has 0 aliphatic carbocycles. The maximum absolute atomic E-state index is 13.5. The average molecular weight is 470 g/mol. The lowest BCUT2D eigenvalue weighted by Gasteiger charge is -2.13. The molecule has 1 N–H and O–H groups in total. The molecule has 4 rings (SSSR count). The van der Waals surface area contributed by atoms with Crippen LogP contribution in [0.1, 0.15) is 31.1 Å². The highest BCUT2D eigenvalue weighted by Crippen LogP contribution is 2.31. The van der Waals surface area contributed by atoms with Crippen molar-refractivity contribution in [2.45, 2.75) is 0 Å². The summed E-state index contributed by atoms with van der Waals surface area (Å²) in [4.78, 5) is 42.4. The molecule has 35 heavy (non-hydrogen) atoms. The number of methoxy groups -OCH3 is 3. The van der Waals surface area contributed by atoms with Gasteiger partial charge in [0.25, 0.3) is 5.91 Å². The zero-order chi connectivity index (χ0) is 24.9. The standard InChI is InChI=1S/C27H22N2O6/c1-33-24-11-7-5-9-20(24)23-15-21(19-8-4-6-10-22(19)29-23)25(30)28-18-13-16(26(31)34-2)12-17(14-18)27(32)35-3/h4-15H,1-3H3,(H,28,30). The molecular formula is C27H22N2O6. The van der Waals surface area contributed by atoms with Crippen LogP contribution in [0.3, 0.4) is 0 Å². The molecule has 0 atom stereocenters.